The van der Waals surface area contributed by atoms with Gasteiger partial charge in [-0.2, -0.15) is 5.10 Å². The lowest BCUT2D eigenvalue weighted by atomic mass is 10.1. The van der Waals surface area contributed by atoms with Gasteiger partial charge in [-0.25, -0.2) is 14.4 Å². The number of hydrogen-bond acceptors (Lipinski definition) is 7. The van der Waals surface area contributed by atoms with Crippen molar-refractivity contribution < 1.29 is 9.13 Å². The van der Waals surface area contributed by atoms with E-state index in [4.69, 9.17) is 14.7 Å². The Morgan fingerprint density at radius 3 is 2.67 bits per heavy atom. The molecule has 0 radical (unpaired) electrons. The van der Waals surface area contributed by atoms with E-state index in [1.54, 1.807) is 37.1 Å². The molecule has 0 aliphatic carbocycles. The van der Waals surface area contributed by atoms with E-state index >= 15 is 0 Å². The predicted octanol–water partition coefficient (Wildman–Crippen LogP) is 4.17. The van der Waals surface area contributed by atoms with Crippen LogP contribution in [0.15, 0.2) is 61.3 Å². The number of rotatable bonds is 4. The Balaban J connectivity index is 1.50. The second-order valence-corrected chi connectivity index (χ2v) is 7.30. The number of benzene rings is 1. The highest BCUT2D eigenvalue weighted by Crippen LogP contribution is 2.32. The average molecular weight is 438 g/mol. The number of H-pyrrole nitrogens is 2. The molecule has 0 unspecified atom stereocenters. The van der Waals surface area contributed by atoms with Gasteiger partial charge in [0, 0.05) is 30.2 Å². The molecule has 0 fully saturated rings. The second kappa shape index (κ2) is 7.45. The van der Waals surface area contributed by atoms with Gasteiger partial charge < -0.3 is 9.72 Å². The van der Waals surface area contributed by atoms with Crippen molar-refractivity contribution in [3.05, 3.63) is 67.1 Å². The van der Waals surface area contributed by atoms with Gasteiger partial charge in [-0.1, -0.05) is 0 Å². The smallest absolute Gasteiger partial charge is 0.161 e. The van der Waals surface area contributed by atoms with E-state index in [2.05, 4.69) is 30.1 Å². The van der Waals surface area contributed by atoms with E-state index < -0.39 is 5.82 Å². The molecule has 2 N–H and O–H groups in total. The normalized spacial score (nSPS) is 11.3. The van der Waals surface area contributed by atoms with Crippen LogP contribution in [0.4, 0.5) is 4.39 Å². The number of pyridine rings is 2. The molecule has 5 aromatic heterocycles. The molecule has 0 aliphatic rings. The largest absolute Gasteiger partial charge is 0.497 e. The SMILES string of the molecule is COc1cc(F)cc(-c2cncc3[nH]c(-c4n[nH]c5ccc(-c6cnccn6)nc45)nc23)c1. The monoisotopic (exact) mass is 438 g/mol. The van der Waals surface area contributed by atoms with E-state index in [1.165, 1.54) is 19.2 Å². The number of fused-ring (bicyclic) bond motifs is 2. The zero-order chi connectivity index (χ0) is 22.4. The maximum atomic E-state index is 14.1. The lowest BCUT2D eigenvalue weighted by molar-refractivity contribution is 0.411. The number of aromatic amines is 2. The van der Waals surface area contributed by atoms with Crippen LogP contribution in [0.25, 0.3) is 56.1 Å². The molecule has 160 valence electrons. The first-order valence-corrected chi connectivity index (χ1v) is 10.00. The Kier molecular flexibility index (Phi) is 4.29. The Labute approximate surface area is 185 Å². The number of methoxy groups -OCH3 is 1. The zero-order valence-corrected chi connectivity index (χ0v) is 17.2. The summed E-state index contributed by atoms with van der Waals surface area (Å²) in [6.45, 7) is 0. The topological polar surface area (TPSA) is 118 Å². The van der Waals surface area contributed by atoms with Crippen molar-refractivity contribution in [3.8, 4) is 39.8 Å². The highest BCUT2D eigenvalue weighted by atomic mass is 19.1. The molecule has 0 bridgehead atoms. The molecule has 0 spiro atoms. The van der Waals surface area contributed by atoms with Gasteiger partial charge in [0.05, 0.1) is 41.7 Å². The Bertz CT molecular complexity index is 1630. The van der Waals surface area contributed by atoms with Crippen LogP contribution in [0, 0.1) is 5.82 Å². The van der Waals surface area contributed by atoms with E-state index in [0.29, 0.717) is 56.3 Å². The van der Waals surface area contributed by atoms with Crippen LogP contribution in [0.3, 0.4) is 0 Å². The van der Waals surface area contributed by atoms with E-state index in [-0.39, 0.29) is 0 Å². The first-order valence-electron chi connectivity index (χ1n) is 10.00. The van der Waals surface area contributed by atoms with Crippen LogP contribution in [-0.2, 0) is 0 Å². The van der Waals surface area contributed by atoms with Crippen molar-refractivity contribution in [3.63, 3.8) is 0 Å². The number of aromatic nitrogens is 8. The number of halogens is 1. The van der Waals surface area contributed by atoms with Crippen LogP contribution in [0.1, 0.15) is 0 Å². The van der Waals surface area contributed by atoms with Gasteiger partial charge in [-0.3, -0.25) is 20.1 Å². The van der Waals surface area contributed by atoms with Crippen molar-refractivity contribution in [1.29, 1.82) is 0 Å². The van der Waals surface area contributed by atoms with Crippen molar-refractivity contribution >= 4 is 22.1 Å². The summed E-state index contributed by atoms with van der Waals surface area (Å²) in [5.74, 6) is 0.519. The Morgan fingerprint density at radius 1 is 0.879 bits per heavy atom. The molecule has 0 aliphatic heterocycles. The minimum atomic E-state index is -0.406. The minimum absolute atomic E-state index is 0.406. The Morgan fingerprint density at radius 2 is 1.82 bits per heavy atom. The Hall–Kier alpha value is -4.73. The third-order valence-corrected chi connectivity index (χ3v) is 5.27. The van der Waals surface area contributed by atoms with E-state index in [1.807, 2.05) is 12.1 Å². The summed E-state index contributed by atoms with van der Waals surface area (Å²) >= 11 is 0. The predicted molar refractivity (Wildman–Crippen MR) is 120 cm³/mol. The number of imidazole rings is 1. The molecule has 9 nitrogen and oxygen atoms in total. The number of nitrogens with one attached hydrogen (secondary N) is 2. The lowest BCUT2D eigenvalue weighted by Crippen LogP contribution is -1.90. The van der Waals surface area contributed by atoms with Gasteiger partial charge in [0.25, 0.3) is 0 Å². The van der Waals surface area contributed by atoms with Gasteiger partial charge in [0.1, 0.15) is 22.8 Å². The van der Waals surface area contributed by atoms with Crippen molar-refractivity contribution in [2.45, 2.75) is 0 Å². The molecule has 6 aromatic rings. The third-order valence-electron chi connectivity index (χ3n) is 5.27. The van der Waals surface area contributed by atoms with Gasteiger partial charge in [0.15, 0.2) is 11.5 Å². The van der Waals surface area contributed by atoms with Gasteiger partial charge >= 0.3 is 0 Å². The van der Waals surface area contributed by atoms with Crippen molar-refractivity contribution in [2.24, 2.45) is 0 Å². The van der Waals surface area contributed by atoms with Gasteiger partial charge in [-0.05, 0) is 29.8 Å². The summed E-state index contributed by atoms with van der Waals surface area (Å²) in [6, 6.07) is 8.23. The minimum Gasteiger partial charge on any atom is -0.497 e. The highest BCUT2D eigenvalue weighted by Gasteiger charge is 2.18. The van der Waals surface area contributed by atoms with Crippen LogP contribution in [0.5, 0.6) is 5.75 Å². The highest BCUT2D eigenvalue weighted by molar-refractivity contribution is 5.95. The fourth-order valence-corrected chi connectivity index (χ4v) is 3.73. The van der Waals surface area contributed by atoms with Crippen LogP contribution < -0.4 is 4.74 Å². The first-order chi connectivity index (χ1) is 16.2. The fourth-order valence-electron chi connectivity index (χ4n) is 3.73. The van der Waals surface area contributed by atoms with Crippen LogP contribution in [0.2, 0.25) is 0 Å². The maximum absolute atomic E-state index is 14.1. The molecular weight excluding hydrogens is 423 g/mol. The molecule has 0 saturated carbocycles. The summed E-state index contributed by atoms with van der Waals surface area (Å²) in [5.41, 5.74) is 5.87. The van der Waals surface area contributed by atoms with E-state index in [9.17, 15) is 4.39 Å². The quantitative estimate of drug-likeness (QED) is 0.424. The number of hydrogen-bond donors (Lipinski definition) is 2. The van der Waals surface area contributed by atoms with Crippen LogP contribution >= 0.6 is 0 Å². The van der Waals surface area contributed by atoms with Crippen molar-refractivity contribution in [2.75, 3.05) is 7.11 Å². The summed E-state index contributed by atoms with van der Waals surface area (Å²) in [7, 11) is 1.50. The molecule has 0 amide bonds. The van der Waals surface area contributed by atoms with Crippen molar-refractivity contribution in [1.82, 2.24) is 40.1 Å². The average Bonchev–Trinajstić information content (AvgIpc) is 3.47. The fraction of sp³-hybridized carbons (Fsp3) is 0.0435. The van der Waals surface area contributed by atoms with Gasteiger partial charge in [0.2, 0.25) is 0 Å². The molecule has 33 heavy (non-hydrogen) atoms. The molecule has 10 heteroatoms. The summed E-state index contributed by atoms with van der Waals surface area (Å²) in [6.07, 6.45) is 8.19. The standard InChI is InChI=1S/C23H15FN8O/c1-33-14-7-12(6-13(24)8-14)15-9-26-11-19-20(15)30-23(29-19)22-21-17(31-32-22)3-2-16(28-21)18-10-25-4-5-27-18/h2-11H,1H3,(H,29,30)(H,31,32). The molecule has 0 saturated heterocycles. The molecule has 0 atom stereocenters. The molecular formula is C23H15FN8O. The number of ether oxygens (including phenoxy) is 1. The second-order valence-electron chi connectivity index (χ2n) is 7.30. The van der Waals surface area contributed by atoms with Gasteiger partial charge in [-0.15, -0.1) is 0 Å². The summed E-state index contributed by atoms with van der Waals surface area (Å²) < 4.78 is 19.3. The summed E-state index contributed by atoms with van der Waals surface area (Å²) in [4.78, 5) is 25.5. The van der Waals surface area contributed by atoms with E-state index in [0.717, 1.165) is 5.52 Å². The lowest BCUT2D eigenvalue weighted by Gasteiger charge is -2.06. The zero-order valence-electron chi connectivity index (χ0n) is 17.2. The number of nitrogens with zero attached hydrogens (tertiary/aromatic N) is 6. The first kappa shape index (κ1) is 19.0. The third kappa shape index (κ3) is 3.24. The molecule has 1 aromatic carbocycles. The molecule has 5 heterocycles. The van der Waals surface area contributed by atoms with Crippen LogP contribution in [-0.4, -0.2) is 47.2 Å². The maximum Gasteiger partial charge on any atom is 0.161 e. The molecule has 6 rings (SSSR count). The summed E-state index contributed by atoms with van der Waals surface area (Å²) in [5, 5.41) is 7.41.